The van der Waals surface area contributed by atoms with Crippen molar-refractivity contribution in [2.75, 3.05) is 12.4 Å². The van der Waals surface area contributed by atoms with Gasteiger partial charge >= 0.3 is 0 Å². The molecule has 0 fully saturated rings. The van der Waals surface area contributed by atoms with Crippen molar-refractivity contribution in [3.8, 4) is 0 Å². The minimum absolute atomic E-state index is 0.143. The van der Waals surface area contributed by atoms with Crippen molar-refractivity contribution in [1.82, 2.24) is 0 Å². The van der Waals surface area contributed by atoms with E-state index < -0.39 is 13.0 Å². The maximum Gasteiger partial charge on any atom is 0.217 e. The second-order valence-electron chi connectivity index (χ2n) is 10.5. The molecule has 4 heteroatoms. The lowest BCUT2D eigenvalue weighted by Gasteiger charge is -2.32. The minimum atomic E-state index is -2.77. The van der Waals surface area contributed by atoms with Gasteiger partial charge in [-0.3, -0.25) is 4.57 Å². The third-order valence-corrected chi connectivity index (χ3v) is 6.20. The van der Waals surface area contributed by atoms with Gasteiger partial charge in [-0.2, -0.15) is 0 Å². The van der Waals surface area contributed by atoms with Crippen LogP contribution in [0.2, 0.25) is 0 Å². The lowest BCUT2D eigenvalue weighted by molar-refractivity contribution is 0.132. The highest BCUT2D eigenvalue weighted by atomic mass is 31.2. The van der Waals surface area contributed by atoms with E-state index in [9.17, 15) is 4.57 Å². The molecule has 0 saturated carbocycles. The first-order valence-corrected chi connectivity index (χ1v) is 11.0. The van der Waals surface area contributed by atoms with Gasteiger partial charge in [0.15, 0.2) is 0 Å². The van der Waals surface area contributed by atoms with Gasteiger partial charge in [0.1, 0.15) is 0 Å². The van der Waals surface area contributed by atoms with E-state index in [-0.39, 0.29) is 11.7 Å². The van der Waals surface area contributed by atoms with Crippen molar-refractivity contribution in [3.05, 3.63) is 0 Å². The first-order valence-electron chi connectivity index (χ1n) is 9.04. The van der Waals surface area contributed by atoms with Crippen LogP contribution in [0.25, 0.3) is 0 Å². The van der Waals surface area contributed by atoms with Gasteiger partial charge < -0.3 is 10.3 Å². The fourth-order valence-electron chi connectivity index (χ4n) is 3.09. The van der Waals surface area contributed by atoms with Crippen LogP contribution in [0, 0.1) is 16.7 Å². The van der Waals surface area contributed by atoms with Crippen LogP contribution < -0.4 is 5.73 Å². The second kappa shape index (κ2) is 8.50. The molecule has 2 atom stereocenters. The summed E-state index contributed by atoms with van der Waals surface area (Å²) in [4.78, 5) is 0. The molecule has 2 N–H and O–H groups in total. The van der Waals surface area contributed by atoms with Crippen LogP contribution in [-0.4, -0.2) is 18.0 Å². The van der Waals surface area contributed by atoms with E-state index in [1.54, 1.807) is 0 Å². The molecule has 0 spiro atoms. The van der Waals surface area contributed by atoms with Gasteiger partial charge in [0.25, 0.3) is 0 Å². The Morgan fingerprint density at radius 2 is 1.48 bits per heavy atom. The van der Waals surface area contributed by atoms with Crippen LogP contribution in [0.4, 0.5) is 0 Å². The van der Waals surface area contributed by atoms with Crippen molar-refractivity contribution in [3.63, 3.8) is 0 Å². The van der Waals surface area contributed by atoms with Gasteiger partial charge in [-0.25, -0.2) is 0 Å². The lowest BCUT2D eigenvalue weighted by Crippen LogP contribution is -2.25. The van der Waals surface area contributed by atoms with E-state index in [4.69, 9.17) is 10.3 Å². The molecule has 0 rings (SSSR count). The van der Waals surface area contributed by atoms with Crippen molar-refractivity contribution in [2.24, 2.45) is 22.5 Å². The Kier molecular flexibility index (Phi) is 8.55. The highest BCUT2D eigenvalue weighted by Crippen LogP contribution is 2.52. The highest BCUT2D eigenvalue weighted by Gasteiger charge is 2.32. The Morgan fingerprint density at radius 1 is 0.957 bits per heavy atom. The lowest BCUT2D eigenvalue weighted by atomic mass is 9.81. The van der Waals surface area contributed by atoms with Gasteiger partial charge in [-0.05, 0) is 56.8 Å². The molecular weight excluding hydrogens is 305 g/mol. The summed E-state index contributed by atoms with van der Waals surface area (Å²) >= 11 is 0. The Balaban J connectivity index is 4.94. The summed E-state index contributed by atoms with van der Waals surface area (Å²) in [6, 6.07) is 0. The molecule has 0 aliphatic rings. The van der Waals surface area contributed by atoms with E-state index in [0.29, 0.717) is 17.5 Å². The van der Waals surface area contributed by atoms with Crippen molar-refractivity contribution in [1.29, 1.82) is 0 Å². The molecule has 0 heterocycles. The largest absolute Gasteiger partial charge is 0.322 e. The minimum Gasteiger partial charge on any atom is -0.322 e. The predicted molar refractivity (Wildman–Crippen MR) is 103 cm³/mol. The molecule has 0 bridgehead atoms. The molecule has 0 aromatic heterocycles. The Labute approximate surface area is 145 Å². The Bertz CT molecular complexity index is 386. The summed E-state index contributed by atoms with van der Waals surface area (Å²) < 4.78 is 19.0. The van der Waals surface area contributed by atoms with E-state index in [0.717, 1.165) is 12.8 Å². The van der Waals surface area contributed by atoms with E-state index >= 15 is 0 Å². The molecule has 0 aromatic rings. The van der Waals surface area contributed by atoms with Gasteiger partial charge in [0.05, 0.1) is 11.9 Å². The second-order valence-corrected chi connectivity index (χ2v) is 13.0. The number of hydrogen-bond acceptors (Lipinski definition) is 3. The van der Waals surface area contributed by atoms with Crippen LogP contribution in [0.15, 0.2) is 0 Å². The third-order valence-electron chi connectivity index (χ3n) is 3.69. The summed E-state index contributed by atoms with van der Waals surface area (Å²) in [5.74, 6) is 0.411. The first-order chi connectivity index (χ1) is 10.1. The van der Waals surface area contributed by atoms with E-state index in [1.165, 1.54) is 12.8 Å². The molecule has 2 unspecified atom stereocenters. The molecule has 3 nitrogen and oxygen atoms in total. The fourth-order valence-corrected chi connectivity index (χ4v) is 5.48. The SMILES string of the molecule is CC(C)(C)CCCC(CC(C)(C)C)CP(=O)(CN)OC(C)(C)C. The summed E-state index contributed by atoms with van der Waals surface area (Å²) in [5, 5.41) is 0. The Morgan fingerprint density at radius 3 is 1.83 bits per heavy atom. The summed E-state index contributed by atoms with van der Waals surface area (Å²) in [6.45, 7) is 19.4. The molecule has 0 radical (unpaired) electrons. The number of rotatable bonds is 8. The van der Waals surface area contributed by atoms with Crippen LogP contribution in [0.1, 0.15) is 88.0 Å². The van der Waals surface area contributed by atoms with Gasteiger partial charge in [-0.1, -0.05) is 48.0 Å². The monoisotopic (exact) mass is 347 g/mol. The average molecular weight is 348 g/mol. The van der Waals surface area contributed by atoms with Gasteiger partial charge in [0.2, 0.25) is 7.37 Å². The zero-order chi connectivity index (χ0) is 18.5. The van der Waals surface area contributed by atoms with Crippen LogP contribution >= 0.6 is 7.37 Å². The van der Waals surface area contributed by atoms with Crippen LogP contribution in [0.3, 0.4) is 0 Å². The van der Waals surface area contributed by atoms with Crippen LogP contribution in [0.5, 0.6) is 0 Å². The molecule has 0 saturated heterocycles. The molecule has 0 amide bonds. The molecule has 0 aromatic carbocycles. The highest BCUT2D eigenvalue weighted by molar-refractivity contribution is 7.58. The summed E-state index contributed by atoms with van der Waals surface area (Å²) in [5.41, 5.74) is 6.01. The van der Waals surface area contributed by atoms with Gasteiger partial charge in [-0.15, -0.1) is 0 Å². The summed E-state index contributed by atoms with van der Waals surface area (Å²) in [6.07, 6.45) is 5.29. The molecule has 23 heavy (non-hydrogen) atoms. The van der Waals surface area contributed by atoms with E-state index in [1.807, 2.05) is 20.8 Å². The normalized spacial score (nSPS) is 17.8. The Hall–Kier alpha value is 0.150. The topological polar surface area (TPSA) is 52.3 Å². The fraction of sp³-hybridized carbons (Fsp3) is 1.00. The molecular formula is C19H42NO2P. The smallest absolute Gasteiger partial charge is 0.217 e. The molecule has 140 valence electrons. The maximum absolute atomic E-state index is 13.1. The number of nitrogens with two attached hydrogens (primary N) is 1. The van der Waals surface area contributed by atoms with Crippen molar-refractivity contribution in [2.45, 2.75) is 93.6 Å². The zero-order valence-corrected chi connectivity index (χ0v) is 18.1. The molecule has 0 aliphatic heterocycles. The first kappa shape index (κ1) is 23.1. The van der Waals surface area contributed by atoms with Crippen molar-refractivity contribution >= 4 is 7.37 Å². The molecule has 0 aliphatic carbocycles. The maximum atomic E-state index is 13.1. The third kappa shape index (κ3) is 13.2. The van der Waals surface area contributed by atoms with E-state index in [2.05, 4.69) is 41.5 Å². The summed E-state index contributed by atoms with van der Waals surface area (Å²) in [7, 11) is -2.77. The zero-order valence-electron chi connectivity index (χ0n) is 17.2. The predicted octanol–water partition coefficient (Wildman–Crippen LogP) is 6.26. The number of hydrogen-bond donors (Lipinski definition) is 1. The van der Waals surface area contributed by atoms with Gasteiger partial charge in [0, 0.05) is 6.16 Å². The average Bonchev–Trinajstić information content (AvgIpc) is 2.21. The van der Waals surface area contributed by atoms with Crippen LogP contribution in [-0.2, 0) is 9.09 Å². The standard InChI is InChI=1S/C19H42NO2P/c1-17(2,3)12-10-11-16(13-18(4,5)6)14-23(21,15-20)22-19(7,8)9/h16H,10-15,20H2,1-9H3. The quantitative estimate of drug-likeness (QED) is 0.527. The van der Waals surface area contributed by atoms with Crippen molar-refractivity contribution < 1.29 is 9.09 Å².